The predicted molar refractivity (Wildman–Crippen MR) is 207 cm³/mol. The zero-order chi connectivity index (χ0) is 37.8. The second-order valence-corrected chi connectivity index (χ2v) is 15.3. The lowest BCUT2D eigenvalue weighted by atomic mass is 10.0. The van der Waals surface area contributed by atoms with Gasteiger partial charge in [-0.1, -0.05) is 24.0 Å². The Morgan fingerprint density at radius 1 is 1.00 bits per heavy atom. The zero-order valence-electron chi connectivity index (χ0n) is 31.0. The maximum atomic E-state index is 13.5. The number of carbonyl (C=O) groups is 4. The molecule has 5 aromatic rings. The lowest BCUT2D eigenvalue weighted by Crippen LogP contribution is -2.52. The van der Waals surface area contributed by atoms with E-state index in [-0.39, 0.29) is 30.2 Å². The van der Waals surface area contributed by atoms with Crippen molar-refractivity contribution in [3.05, 3.63) is 88.4 Å². The molecule has 0 bridgehead atoms. The number of piperidine rings is 2. The van der Waals surface area contributed by atoms with Crippen molar-refractivity contribution in [1.29, 1.82) is 0 Å². The summed E-state index contributed by atoms with van der Waals surface area (Å²) in [5.41, 5.74) is 6.76. The van der Waals surface area contributed by atoms with Crippen LogP contribution in [0.4, 0.5) is 5.82 Å². The molecule has 4 aliphatic rings. The van der Waals surface area contributed by atoms with Gasteiger partial charge >= 0.3 is 0 Å². The molecule has 2 aromatic carbocycles. The van der Waals surface area contributed by atoms with Crippen LogP contribution in [0.5, 0.6) is 0 Å². The van der Waals surface area contributed by atoms with E-state index in [9.17, 15) is 19.2 Å². The second-order valence-electron chi connectivity index (χ2n) is 15.3. The van der Waals surface area contributed by atoms with E-state index in [1.54, 1.807) is 11.0 Å². The number of aromatic nitrogens is 4. The minimum absolute atomic E-state index is 0.186. The van der Waals surface area contributed by atoms with Crippen LogP contribution in [0.15, 0.2) is 54.7 Å². The normalized spacial score (nSPS) is 20.9. The maximum absolute atomic E-state index is 13.5. The van der Waals surface area contributed by atoms with Crippen LogP contribution in [0.25, 0.3) is 21.8 Å². The molecular weight excluding hydrogens is 695 g/mol. The maximum Gasteiger partial charge on any atom is 0.256 e. The molecule has 0 aliphatic carbocycles. The molecule has 0 spiro atoms. The molecular formula is C42H43N9O4. The number of benzene rings is 2. The fourth-order valence-electron chi connectivity index (χ4n) is 8.78. The number of hydrogen-bond acceptors (Lipinski definition) is 8. The highest BCUT2D eigenvalue weighted by Crippen LogP contribution is 2.33. The number of aryl methyl sites for hydroxylation is 1. The summed E-state index contributed by atoms with van der Waals surface area (Å²) in [5, 5.41) is 12.4. The molecule has 280 valence electrons. The number of H-pyrrole nitrogens is 1. The quantitative estimate of drug-likeness (QED) is 0.168. The third-order valence-corrected chi connectivity index (χ3v) is 11.8. The van der Waals surface area contributed by atoms with Gasteiger partial charge in [0.15, 0.2) is 0 Å². The number of pyridine rings is 1. The van der Waals surface area contributed by atoms with Crippen LogP contribution in [0, 0.1) is 18.8 Å². The van der Waals surface area contributed by atoms with E-state index in [2.05, 4.69) is 60.0 Å². The Morgan fingerprint density at radius 3 is 2.65 bits per heavy atom. The third-order valence-electron chi connectivity index (χ3n) is 11.8. The summed E-state index contributed by atoms with van der Waals surface area (Å²) in [6, 6.07) is 15.3. The molecule has 13 heteroatoms. The van der Waals surface area contributed by atoms with Gasteiger partial charge in [0.2, 0.25) is 11.8 Å². The molecule has 13 nitrogen and oxygen atoms in total. The van der Waals surface area contributed by atoms with Crippen LogP contribution in [-0.2, 0) is 16.1 Å². The number of hydrogen-bond donors (Lipinski definition) is 3. The molecule has 1 unspecified atom stereocenters. The topological polar surface area (TPSA) is 149 Å². The number of nitrogens with one attached hydrogen (secondary N) is 3. The first-order valence-corrected chi connectivity index (χ1v) is 19.2. The standard InChI is InChI=1S/C42H43N9O4/c1-25-30-11-10-27(40(53)45-38-22-33-28(23-43-38)20-34(44-33)35-9-5-16-48(35)2)21-37(30)51(47-25)29-14-18-49(19-15-29)17-4-7-26-6-3-8-31-32(26)24-50(42(31)55)36-12-13-39(52)46-41(36)54/h3,6,8,10-11,20-23,29,35-36,44H,5,9,12-19,24H2,1-2H3,(H,43,45,53)(H,46,52,54)/t35-,36?/m1/s1. The van der Waals surface area contributed by atoms with Crippen molar-refractivity contribution in [3.8, 4) is 11.8 Å². The van der Waals surface area contributed by atoms with Gasteiger partial charge in [0, 0.05) is 77.5 Å². The van der Waals surface area contributed by atoms with Gasteiger partial charge in [-0.15, -0.1) is 0 Å². The third kappa shape index (κ3) is 6.55. The van der Waals surface area contributed by atoms with Gasteiger partial charge in [-0.25, -0.2) is 4.98 Å². The Morgan fingerprint density at radius 2 is 1.85 bits per heavy atom. The lowest BCUT2D eigenvalue weighted by molar-refractivity contribution is -0.136. The largest absolute Gasteiger partial charge is 0.357 e. The van der Waals surface area contributed by atoms with Crippen LogP contribution >= 0.6 is 0 Å². The number of aromatic amines is 1. The number of rotatable bonds is 6. The van der Waals surface area contributed by atoms with E-state index in [0.717, 1.165) is 77.5 Å². The van der Waals surface area contributed by atoms with E-state index in [0.29, 0.717) is 42.5 Å². The molecule has 3 fully saturated rings. The monoisotopic (exact) mass is 737 g/mol. The number of fused-ring (bicyclic) bond motifs is 3. The fourth-order valence-corrected chi connectivity index (χ4v) is 8.78. The van der Waals surface area contributed by atoms with E-state index in [4.69, 9.17) is 5.10 Å². The SMILES string of the molecule is Cc1nn(C2CCN(CC#Cc3cccc4c3CN(C3CCC(=O)NC3=O)C4=O)CC2)c2cc(C(=O)Nc3cc4[nH]c([C@H]5CCCN5C)cc4cn3)ccc12. The van der Waals surface area contributed by atoms with E-state index < -0.39 is 11.9 Å². The highest BCUT2D eigenvalue weighted by Gasteiger charge is 2.39. The van der Waals surface area contributed by atoms with Crippen LogP contribution in [-0.4, -0.2) is 97.3 Å². The van der Waals surface area contributed by atoms with Crippen molar-refractivity contribution >= 4 is 51.3 Å². The number of anilines is 1. The van der Waals surface area contributed by atoms with Crippen molar-refractivity contribution in [1.82, 2.24) is 39.8 Å². The Bertz CT molecular complexity index is 2450. The number of amides is 4. The average molecular weight is 738 g/mol. The zero-order valence-corrected chi connectivity index (χ0v) is 31.0. The summed E-state index contributed by atoms with van der Waals surface area (Å²) in [4.78, 5) is 65.2. The van der Waals surface area contributed by atoms with Gasteiger partial charge in [0.05, 0.1) is 29.3 Å². The van der Waals surface area contributed by atoms with Crippen molar-refractivity contribution in [2.75, 3.05) is 38.5 Å². The fraction of sp³-hybridized carbons (Fsp3) is 0.381. The Balaban J connectivity index is 0.841. The Hall–Kier alpha value is -5.84. The Kier molecular flexibility index (Phi) is 8.95. The van der Waals surface area contributed by atoms with Gasteiger partial charge in [0.1, 0.15) is 11.9 Å². The number of likely N-dealkylation sites (tertiary alicyclic amines) is 2. The van der Waals surface area contributed by atoms with Gasteiger partial charge in [-0.2, -0.15) is 5.10 Å². The summed E-state index contributed by atoms with van der Waals surface area (Å²) < 4.78 is 2.09. The van der Waals surface area contributed by atoms with Crippen LogP contribution < -0.4 is 10.6 Å². The van der Waals surface area contributed by atoms with Gasteiger partial charge < -0.3 is 15.2 Å². The lowest BCUT2D eigenvalue weighted by Gasteiger charge is -2.31. The number of carbonyl (C=O) groups excluding carboxylic acids is 4. The second kappa shape index (κ2) is 14.1. The molecule has 3 aromatic heterocycles. The van der Waals surface area contributed by atoms with Gasteiger partial charge in [-0.05, 0) is 88.5 Å². The molecule has 0 saturated carbocycles. The number of imide groups is 1. The first-order valence-electron chi connectivity index (χ1n) is 19.2. The first kappa shape index (κ1) is 34.9. The number of nitrogens with zero attached hydrogens (tertiary/aromatic N) is 6. The van der Waals surface area contributed by atoms with Crippen LogP contribution in [0.3, 0.4) is 0 Å². The van der Waals surface area contributed by atoms with Crippen LogP contribution in [0.2, 0.25) is 0 Å². The first-order chi connectivity index (χ1) is 26.7. The van der Waals surface area contributed by atoms with Gasteiger partial charge in [-0.3, -0.25) is 39.0 Å². The van der Waals surface area contributed by atoms with Crippen LogP contribution in [0.1, 0.15) is 93.8 Å². The molecule has 3 N–H and O–H groups in total. The minimum Gasteiger partial charge on any atom is -0.357 e. The highest BCUT2D eigenvalue weighted by atomic mass is 16.2. The van der Waals surface area contributed by atoms with Gasteiger partial charge in [0.25, 0.3) is 11.8 Å². The van der Waals surface area contributed by atoms with E-state index in [1.807, 2.05) is 49.5 Å². The Labute approximate surface area is 318 Å². The predicted octanol–water partition coefficient (Wildman–Crippen LogP) is 4.69. The molecule has 9 rings (SSSR count). The molecule has 4 aliphatic heterocycles. The highest BCUT2D eigenvalue weighted by molar-refractivity contribution is 6.07. The van der Waals surface area contributed by atoms with Crippen molar-refractivity contribution in [3.63, 3.8) is 0 Å². The van der Waals surface area contributed by atoms with Crippen molar-refractivity contribution in [2.24, 2.45) is 0 Å². The smallest absolute Gasteiger partial charge is 0.256 e. The summed E-state index contributed by atoms with van der Waals surface area (Å²) in [7, 11) is 2.16. The molecule has 3 saturated heterocycles. The van der Waals surface area contributed by atoms with Crippen molar-refractivity contribution in [2.45, 2.75) is 70.1 Å². The molecule has 4 amide bonds. The minimum atomic E-state index is -0.653. The van der Waals surface area contributed by atoms with E-state index >= 15 is 0 Å². The summed E-state index contributed by atoms with van der Waals surface area (Å²) in [5.74, 6) is 5.99. The molecule has 0 radical (unpaired) electrons. The van der Waals surface area contributed by atoms with E-state index in [1.165, 1.54) is 12.1 Å². The molecule has 2 atom stereocenters. The molecule has 7 heterocycles. The van der Waals surface area contributed by atoms with Crippen molar-refractivity contribution < 1.29 is 19.2 Å². The molecule has 55 heavy (non-hydrogen) atoms. The summed E-state index contributed by atoms with van der Waals surface area (Å²) in [6.45, 7) is 5.69. The summed E-state index contributed by atoms with van der Waals surface area (Å²) in [6.07, 6.45) is 6.46. The average Bonchev–Trinajstić information content (AvgIpc) is 3.96. The summed E-state index contributed by atoms with van der Waals surface area (Å²) >= 11 is 0.